The summed E-state index contributed by atoms with van der Waals surface area (Å²) in [4.78, 5) is 6.99. The Morgan fingerprint density at radius 3 is 2.48 bits per heavy atom. The largest absolute Gasteiger partial charge is 0.417 e. The summed E-state index contributed by atoms with van der Waals surface area (Å²) >= 11 is 5.78. The molecule has 0 bridgehead atoms. The minimum Gasteiger partial charge on any atom is -0.399 e. The van der Waals surface area contributed by atoms with Crippen molar-refractivity contribution in [3.8, 4) is 6.07 Å². The molecule has 2 aromatic rings. The van der Waals surface area contributed by atoms with Crippen LogP contribution in [0.3, 0.4) is 0 Å². The first kappa shape index (κ1) is 20.7. The van der Waals surface area contributed by atoms with Gasteiger partial charge in [-0.25, -0.2) is 13.4 Å². The van der Waals surface area contributed by atoms with E-state index in [1.807, 2.05) is 0 Å². The summed E-state index contributed by atoms with van der Waals surface area (Å²) in [5.41, 5.74) is -1.78. The Labute approximate surface area is 157 Å². The smallest absolute Gasteiger partial charge is 0.399 e. The van der Waals surface area contributed by atoms with Crippen LogP contribution in [-0.4, -0.2) is 26.7 Å². The van der Waals surface area contributed by atoms with Gasteiger partial charge in [0.25, 0.3) is 0 Å². The lowest BCUT2D eigenvalue weighted by molar-refractivity contribution is -0.138. The monoisotopic (exact) mass is 417 g/mol. The van der Waals surface area contributed by atoms with E-state index in [2.05, 4.69) is 15.0 Å². The van der Waals surface area contributed by atoms with Gasteiger partial charge in [0.15, 0.2) is 15.5 Å². The Bertz CT molecular complexity index is 1000. The van der Waals surface area contributed by atoms with Gasteiger partial charge in [-0.05, 0) is 23.8 Å². The highest BCUT2D eigenvalue weighted by Crippen LogP contribution is 2.34. The average Bonchev–Trinajstić information content (AvgIpc) is 2.62. The maximum atomic E-state index is 13.0. The minimum atomic E-state index is -4.83. The molecule has 6 nitrogen and oxygen atoms in total. The zero-order valence-corrected chi connectivity index (χ0v) is 15.2. The average molecular weight is 418 g/mol. The van der Waals surface area contributed by atoms with Crippen LogP contribution < -0.4 is 0 Å². The van der Waals surface area contributed by atoms with Crippen LogP contribution in [0.1, 0.15) is 22.1 Å². The number of aromatic nitrogens is 1. The van der Waals surface area contributed by atoms with E-state index >= 15 is 0 Å². The Morgan fingerprint density at radius 2 is 1.96 bits per heavy atom. The lowest BCUT2D eigenvalue weighted by Crippen LogP contribution is -2.18. The molecule has 1 heterocycles. The highest BCUT2D eigenvalue weighted by Gasteiger charge is 2.36. The Hall–Kier alpha value is -2.64. The van der Waals surface area contributed by atoms with Crippen LogP contribution >= 0.6 is 11.6 Å². The fraction of sp³-hybridized carbons (Fsp3) is 0.188. The number of hydrogen-bond donors (Lipinski definition) is 0. The molecular formula is C16H11ClF3N3O3S. The lowest BCUT2D eigenvalue weighted by atomic mass is 10.2. The summed E-state index contributed by atoms with van der Waals surface area (Å²) in [7, 11) is -3.35. The predicted octanol–water partition coefficient (Wildman–Crippen LogP) is 3.77. The molecule has 142 valence electrons. The summed E-state index contributed by atoms with van der Waals surface area (Å²) in [5.74, 6) is 0. The fourth-order valence-electron chi connectivity index (χ4n) is 2.15. The molecular weight excluding hydrogens is 407 g/mol. The van der Waals surface area contributed by atoms with Crippen molar-refractivity contribution in [1.29, 1.82) is 5.26 Å². The number of nitrogens with zero attached hydrogens (tertiary/aromatic N) is 3. The minimum absolute atomic E-state index is 0.168. The van der Waals surface area contributed by atoms with E-state index in [-0.39, 0.29) is 5.56 Å². The number of benzene rings is 1. The third-order valence-corrected chi connectivity index (χ3v) is 5.67. The van der Waals surface area contributed by atoms with Crippen LogP contribution in [0, 0.1) is 11.3 Å². The van der Waals surface area contributed by atoms with Crippen molar-refractivity contribution in [3.63, 3.8) is 0 Å². The molecule has 0 saturated heterocycles. The molecule has 0 aliphatic carbocycles. The molecule has 0 saturated carbocycles. The second-order valence-electron chi connectivity index (χ2n) is 5.13. The van der Waals surface area contributed by atoms with Crippen molar-refractivity contribution >= 4 is 27.7 Å². The third kappa shape index (κ3) is 4.56. The molecule has 0 spiro atoms. The summed E-state index contributed by atoms with van der Waals surface area (Å²) in [6, 6.07) is 7.45. The van der Waals surface area contributed by atoms with Gasteiger partial charge < -0.3 is 4.84 Å². The highest BCUT2D eigenvalue weighted by atomic mass is 35.5. The molecule has 0 fully saturated rings. The van der Waals surface area contributed by atoms with E-state index in [0.717, 1.165) is 6.21 Å². The topological polar surface area (TPSA) is 92.4 Å². The number of nitriles is 1. The fourth-order valence-corrected chi connectivity index (χ4v) is 3.94. The van der Waals surface area contributed by atoms with Crippen LogP contribution in [0.5, 0.6) is 0 Å². The SMILES string of the molecule is CO/N=C\C(c1ccc(Cl)cc1)S(=O)(=O)c1cc(C(F)(F)F)cnc1C#N. The number of rotatable bonds is 5. The number of oxime groups is 1. The first-order valence-corrected chi connectivity index (χ1v) is 9.07. The van der Waals surface area contributed by atoms with Crippen LogP contribution in [0.15, 0.2) is 46.6 Å². The molecule has 1 atom stereocenters. The molecule has 1 aromatic heterocycles. The zero-order chi connectivity index (χ0) is 20.2. The van der Waals surface area contributed by atoms with Gasteiger partial charge >= 0.3 is 6.18 Å². The molecule has 1 aromatic carbocycles. The van der Waals surface area contributed by atoms with Gasteiger partial charge in [-0.15, -0.1) is 0 Å². The standard InChI is InChI=1S/C16H11ClF3N3O3S/c1-26-23-9-15(10-2-4-12(17)5-3-10)27(24,25)14-6-11(16(18,19)20)8-22-13(14)7-21/h2-6,8-9,15H,1H3/b23-9-. The van der Waals surface area contributed by atoms with E-state index in [1.54, 1.807) is 0 Å². The second kappa shape index (κ2) is 7.94. The summed E-state index contributed by atoms with van der Waals surface area (Å²) in [6.45, 7) is 0. The molecule has 2 rings (SSSR count). The van der Waals surface area contributed by atoms with Crippen molar-refractivity contribution < 1.29 is 26.4 Å². The molecule has 0 aliphatic heterocycles. The lowest BCUT2D eigenvalue weighted by Gasteiger charge is -2.16. The third-order valence-electron chi connectivity index (χ3n) is 3.43. The molecule has 0 aliphatic rings. The normalized spacial score (nSPS) is 13.3. The first-order valence-electron chi connectivity index (χ1n) is 7.14. The maximum absolute atomic E-state index is 13.0. The number of halogens is 4. The highest BCUT2D eigenvalue weighted by molar-refractivity contribution is 7.92. The summed E-state index contributed by atoms with van der Waals surface area (Å²) in [6.07, 6.45) is -3.53. The molecule has 0 N–H and O–H groups in total. The van der Waals surface area contributed by atoms with Crippen molar-refractivity contribution in [2.45, 2.75) is 16.3 Å². The van der Waals surface area contributed by atoms with Crippen molar-refractivity contribution in [1.82, 2.24) is 4.98 Å². The van der Waals surface area contributed by atoms with Gasteiger partial charge in [-0.1, -0.05) is 28.9 Å². The van der Waals surface area contributed by atoms with E-state index in [1.165, 1.54) is 37.4 Å². The van der Waals surface area contributed by atoms with Crippen molar-refractivity contribution in [3.05, 3.63) is 58.4 Å². The van der Waals surface area contributed by atoms with Crippen LogP contribution in [0.4, 0.5) is 13.2 Å². The molecule has 0 radical (unpaired) electrons. The Balaban J connectivity index is 2.70. The van der Waals surface area contributed by atoms with E-state index in [4.69, 9.17) is 16.9 Å². The van der Waals surface area contributed by atoms with E-state index < -0.39 is 37.4 Å². The Kier molecular flexibility index (Phi) is 6.08. The quantitative estimate of drug-likeness (QED) is 0.545. The van der Waals surface area contributed by atoms with Gasteiger partial charge in [-0.3, -0.25) is 0 Å². The van der Waals surface area contributed by atoms with Crippen LogP contribution in [-0.2, 0) is 20.9 Å². The summed E-state index contributed by atoms with van der Waals surface area (Å²) in [5, 5.41) is 11.3. The molecule has 0 amide bonds. The summed E-state index contributed by atoms with van der Waals surface area (Å²) < 4.78 is 65.0. The Morgan fingerprint density at radius 1 is 1.33 bits per heavy atom. The van der Waals surface area contributed by atoms with Gasteiger partial charge in [0, 0.05) is 11.2 Å². The van der Waals surface area contributed by atoms with E-state index in [9.17, 15) is 21.6 Å². The van der Waals surface area contributed by atoms with Crippen molar-refractivity contribution in [2.75, 3.05) is 7.11 Å². The van der Waals surface area contributed by atoms with Crippen LogP contribution in [0.2, 0.25) is 5.02 Å². The van der Waals surface area contributed by atoms with Gasteiger partial charge in [0.2, 0.25) is 0 Å². The first-order chi connectivity index (χ1) is 12.6. The maximum Gasteiger partial charge on any atom is 0.417 e. The zero-order valence-electron chi connectivity index (χ0n) is 13.6. The molecule has 1 unspecified atom stereocenters. The molecule has 11 heteroatoms. The number of sulfone groups is 1. The van der Waals surface area contributed by atoms with Crippen LogP contribution in [0.25, 0.3) is 0 Å². The predicted molar refractivity (Wildman–Crippen MR) is 90.8 cm³/mol. The number of hydrogen-bond acceptors (Lipinski definition) is 6. The number of alkyl halides is 3. The van der Waals surface area contributed by atoms with Gasteiger partial charge in [0.1, 0.15) is 23.3 Å². The van der Waals surface area contributed by atoms with Gasteiger partial charge in [0.05, 0.1) is 11.8 Å². The van der Waals surface area contributed by atoms with Crippen molar-refractivity contribution in [2.24, 2.45) is 5.16 Å². The second-order valence-corrected chi connectivity index (χ2v) is 7.61. The number of pyridine rings is 1. The van der Waals surface area contributed by atoms with Gasteiger partial charge in [-0.2, -0.15) is 18.4 Å². The molecule has 27 heavy (non-hydrogen) atoms. The van der Waals surface area contributed by atoms with E-state index in [0.29, 0.717) is 17.3 Å².